The van der Waals surface area contributed by atoms with Crippen LogP contribution in [0, 0.1) is 17.8 Å². The highest BCUT2D eigenvalue weighted by molar-refractivity contribution is 6.04. The van der Waals surface area contributed by atoms with Crippen LogP contribution in [0.15, 0.2) is 0 Å². The second kappa shape index (κ2) is 6.66. The summed E-state index contributed by atoms with van der Waals surface area (Å²) in [6, 6.07) is 0. The van der Waals surface area contributed by atoms with Gasteiger partial charge in [-0.3, -0.25) is 14.4 Å². The molecule has 0 aromatic rings. The topological polar surface area (TPSA) is 60.4 Å². The Labute approximate surface area is 108 Å². The van der Waals surface area contributed by atoms with Crippen molar-refractivity contribution in [3.05, 3.63) is 0 Å². The summed E-state index contributed by atoms with van der Waals surface area (Å²) in [6.07, 6.45) is 2.41. The molecule has 1 aliphatic rings. The Morgan fingerprint density at radius 2 is 1.83 bits per heavy atom. The van der Waals surface area contributed by atoms with Crippen molar-refractivity contribution >= 4 is 17.5 Å². The Kier molecular flexibility index (Phi) is 5.51. The van der Waals surface area contributed by atoms with E-state index in [-0.39, 0.29) is 36.4 Å². The van der Waals surface area contributed by atoms with E-state index in [1.54, 1.807) is 6.92 Å². The number of carbonyl (C=O) groups is 3. The Morgan fingerprint density at radius 1 is 1.22 bits per heavy atom. The molecule has 0 N–H and O–H groups in total. The fourth-order valence-electron chi connectivity index (χ4n) is 1.83. The first kappa shape index (κ1) is 14.9. The molecule has 0 radical (unpaired) electrons. The van der Waals surface area contributed by atoms with E-state index in [1.165, 1.54) is 0 Å². The first-order valence-electron chi connectivity index (χ1n) is 6.74. The molecule has 2 atom stereocenters. The number of carbonyl (C=O) groups excluding carboxylic acids is 3. The second-order valence-corrected chi connectivity index (χ2v) is 4.96. The van der Waals surface area contributed by atoms with Gasteiger partial charge in [0, 0.05) is 18.3 Å². The predicted molar refractivity (Wildman–Crippen MR) is 66.9 cm³/mol. The van der Waals surface area contributed by atoms with E-state index in [0.29, 0.717) is 0 Å². The fourth-order valence-corrected chi connectivity index (χ4v) is 1.83. The number of esters is 1. The maximum atomic E-state index is 12.0. The molecule has 0 aliphatic heterocycles. The number of ketones is 2. The number of hydrogen-bond acceptors (Lipinski definition) is 4. The van der Waals surface area contributed by atoms with E-state index >= 15 is 0 Å². The molecule has 0 spiro atoms. The maximum absolute atomic E-state index is 12.0. The third kappa shape index (κ3) is 3.93. The van der Waals surface area contributed by atoms with Crippen LogP contribution in [-0.4, -0.2) is 24.1 Å². The third-order valence-corrected chi connectivity index (χ3v) is 3.46. The predicted octanol–water partition coefficient (Wildman–Crippen LogP) is 2.15. The molecule has 102 valence electrons. The van der Waals surface area contributed by atoms with Gasteiger partial charge in [-0.15, -0.1) is 0 Å². The summed E-state index contributed by atoms with van der Waals surface area (Å²) in [4.78, 5) is 35.7. The van der Waals surface area contributed by atoms with E-state index in [1.807, 2.05) is 13.8 Å². The van der Waals surface area contributed by atoms with Gasteiger partial charge in [0.05, 0.1) is 6.61 Å². The van der Waals surface area contributed by atoms with Crippen LogP contribution in [0.5, 0.6) is 0 Å². The highest BCUT2D eigenvalue weighted by Gasteiger charge is 2.40. The summed E-state index contributed by atoms with van der Waals surface area (Å²) in [5.74, 6) is -1.67. The minimum Gasteiger partial charge on any atom is -0.465 e. The van der Waals surface area contributed by atoms with Crippen LogP contribution in [0.3, 0.4) is 0 Å². The molecule has 1 saturated carbocycles. The molecule has 1 aliphatic carbocycles. The SMILES string of the molecule is CCOC(=O)C(CC(=O)C(C)CC)C(=O)C1CC1. The molecule has 0 saturated heterocycles. The molecule has 2 unspecified atom stereocenters. The van der Waals surface area contributed by atoms with Gasteiger partial charge >= 0.3 is 5.97 Å². The zero-order valence-corrected chi connectivity index (χ0v) is 11.4. The van der Waals surface area contributed by atoms with Crippen molar-refractivity contribution in [2.24, 2.45) is 17.8 Å². The summed E-state index contributed by atoms with van der Waals surface area (Å²) in [6.45, 7) is 5.69. The average molecular weight is 254 g/mol. The zero-order valence-electron chi connectivity index (χ0n) is 11.4. The summed E-state index contributed by atoms with van der Waals surface area (Å²) in [7, 11) is 0. The van der Waals surface area contributed by atoms with Crippen molar-refractivity contribution < 1.29 is 19.1 Å². The molecule has 0 aromatic carbocycles. The largest absolute Gasteiger partial charge is 0.465 e. The molecule has 0 heterocycles. The molecule has 0 bridgehead atoms. The normalized spacial score (nSPS) is 17.9. The third-order valence-electron chi connectivity index (χ3n) is 3.46. The lowest BCUT2D eigenvalue weighted by Crippen LogP contribution is -2.31. The van der Waals surface area contributed by atoms with Crippen molar-refractivity contribution in [3.8, 4) is 0 Å². The van der Waals surface area contributed by atoms with Gasteiger partial charge < -0.3 is 4.74 Å². The van der Waals surface area contributed by atoms with E-state index in [4.69, 9.17) is 4.74 Å². The molecule has 0 aromatic heterocycles. The van der Waals surface area contributed by atoms with E-state index < -0.39 is 11.9 Å². The van der Waals surface area contributed by atoms with Crippen LogP contribution < -0.4 is 0 Å². The van der Waals surface area contributed by atoms with Gasteiger partial charge in [0.2, 0.25) is 0 Å². The lowest BCUT2D eigenvalue weighted by Gasteiger charge is -2.15. The minimum absolute atomic E-state index is 0.00315. The highest BCUT2D eigenvalue weighted by Crippen LogP contribution is 2.34. The first-order chi connectivity index (χ1) is 8.51. The Hall–Kier alpha value is -1.19. The maximum Gasteiger partial charge on any atom is 0.316 e. The summed E-state index contributed by atoms with van der Waals surface area (Å²) >= 11 is 0. The molecule has 1 fully saturated rings. The highest BCUT2D eigenvalue weighted by atomic mass is 16.5. The van der Waals surface area contributed by atoms with Gasteiger partial charge in [-0.25, -0.2) is 0 Å². The molecule has 18 heavy (non-hydrogen) atoms. The minimum atomic E-state index is -0.876. The fraction of sp³-hybridized carbons (Fsp3) is 0.786. The second-order valence-electron chi connectivity index (χ2n) is 4.96. The van der Waals surface area contributed by atoms with Crippen LogP contribution in [0.4, 0.5) is 0 Å². The quantitative estimate of drug-likeness (QED) is 0.492. The molecular formula is C14H22O4. The zero-order chi connectivity index (χ0) is 13.7. The van der Waals surface area contributed by atoms with Crippen LogP contribution in [0.25, 0.3) is 0 Å². The summed E-state index contributed by atoms with van der Waals surface area (Å²) in [5.41, 5.74) is 0. The van der Waals surface area contributed by atoms with Crippen molar-refractivity contribution in [2.45, 2.75) is 46.5 Å². The van der Waals surface area contributed by atoms with Gasteiger partial charge in [0.25, 0.3) is 0 Å². The van der Waals surface area contributed by atoms with Crippen molar-refractivity contribution in [2.75, 3.05) is 6.61 Å². The van der Waals surface area contributed by atoms with Crippen LogP contribution in [0.2, 0.25) is 0 Å². The average Bonchev–Trinajstić information content (AvgIpc) is 3.18. The first-order valence-corrected chi connectivity index (χ1v) is 6.74. The van der Waals surface area contributed by atoms with Crippen molar-refractivity contribution in [3.63, 3.8) is 0 Å². The van der Waals surface area contributed by atoms with Gasteiger partial charge in [-0.2, -0.15) is 0 Å². The Balaban J connectivity index is 2.67. The molecule has 4 heteroatoms. The van der Waals surface area contributed by atoms with Crippen LogP contribution >= 0.6 is 0 Å². The molecule has 0 amide bonds. The number of rotatable bonds is 8. The van der Waals surface area contributed by atoms with Crippen molar-refractivity contribution in [1.29, 1.82) is 0 Å². The summed E-state index contributed by atoms with van der Waals surface area (Å²) in [5, 5.41) is 0. The monoisotopic (exact) mass is 254 g/mol. The lowest BCUT2D eigenvalue weighted by atomic mass is 9.89. The van der Waals surface area contributed by atoms with Crippen LogP contribution in [0.1, 0.15) is 46.5 Å². The molecular weight excluding hydrogens is 232 g/mol. The van der Waals surface area contributed by atoms with Crippen molar-refractivity contribution in [1.82, 2.24) is 0 Å². The van der Waals surface area contributed by atoms with E-state index in [2.05, 4.69) is 0 Å². The van der Waals surface area contributed by atoms with Crippen LogP contribution in [-0.2, 0) is 19.1 Å². The smallest absolute Gasteiger partial charge is 0.316 e. The lowest BCUT2D eigenvalue weighted by molar-refractivity contribution is -0.154. The Bertz CT molecular complexity index is 331. The summed E-state index contributed by atoms with van der Waals surface area (Å²) < 4.78 is 4.91. The van der Waals surface area contributed by atoms with Gasteiger partial charge in [-0.1, -0.05) is 13.8 Å². The Morgan fingerprint density at radius 3 is 2.28 bits per heavy atom. The van der Waals surface area contributed by atoms with Gasteiger partial charge in [0.15, 0.2) is 5.78 Å². The number of ether oxygens (including phenoxy) is 1. The van der Waals surface area contributed by atoms with E-state index in [9.17, 15) is 14.4 Å². The number of hydrogen-bond donors (Lipinski definition) is 0. The van der Waals surface area contributed by atoms with E-state index in [0.717, 1.165) is 19.3 Å². The van der Waals surface area contributed by atoms with Gasteiger partial charge in [0.1, 0.15) is 11.7 Å². The molecule has 4 nitrogen and oxygen atoms in total. The van der Waals surface area contributed by atoms with Gasteiger partial charge in [-0.05, 0) is 26.2 Å². The number of Topliss-reactive ketones (excluding diaryl/α,β-unsaturated/α-hetero) is 2. The standard InChI is InChI=1S/C14H22O4/c1-4-9(3)12(15)8-11(14(17)18-5-2)13(16)10-6-7-10/h9-11H,4-8H2,1-3H3. The molecule has 1 rings (SSSR count).